The van der Waals surface area contributed by atoms with Gasteiger partial charge in [0, 0.05) is 18.2 Å². The van der Waals surface area contributed by atoms with E-state index >= 15 is 0 Å². The molecule has 1 atom stereocenters. The highest BCUT2D eigenvalue weighted by Crippen LogP contribution is 2.16. The van der Waals surface area contributed by atoms with Gasteiger partial charge in [0.05, 0.1) is 17.6 Å². The fourth-order valence-electron chi connectivity index (χ4n) is 1.56. The number of nitrogens with zero attached hydrogens (tertiary/aromatic N) is 1. The summed E-state index contributed by atoms with van der Waals surface area (Å²) in [5.41, 5.74) is 0.967. The fraction of sp³-hybridized carbons (Fsp3) is 0.417. The average Bonchev–Trinajstić information content (AvgIpc) is 2.68. The molecule has 2 N–H and O–H groups in total. The lowest BCUT2D eigenvalue weighted by Crippen LogP contribution is -2.24. The van der Waals surface area contributed by atoms with Gasteiger partial charge in [0.15, 0.2) is 11.6 Å². The second kappa shape index (κ2) is 4.79. The second-order valence-electron chi connectivity index (χ2n) is 4.16. The molecule has 0 aliphatic heterocycles. The van der Waals surface area contributed by atoms with Crippen molar-refractivity contribution in [3.05, 3.63) is 29.6 Å². The molecule has 17 heavy (non-hydrogen) atoms. The molecule has 0 aliphatic carbocycles. The standard InChI is InChI=1S/C12H15F2N3/c1-3-7(2)15-6-12-16-10-4-8(13)9(14)5-11(10)17-12/h4-5,7,15H,3,6H2,1-2H3,(H,16,17). The Labute approximate surface area is 98.2 Å². The Balaban J connectivity index is 2.20. The lowest BCUT2D eigenvalue weighted by Gasteiger charge is -2.08. The molecule has 5 heteroatoms. The molecule has 0 bridgehead atoms. The minimum Gasteiger partial charge on any atom is -0.341 e. The quantitative estimate of drug-likeness (QED) is 0.861. The summed E-state index contributed by atoms with van der Waals surface area (Å²) in [5.74, 6) is -1.04. The van der Waals surface area contributed by atoms with Gasteiger partial charge in [-0.25, -0.2) is 13.8 Å². The molecule has 1 unspecified atom stereocenters. The first kappa shape index (κ1) is 12.0. The molecule has 0 amide bonds. The number of H-pyrrole nitrogens is 1. The number of rotatable bonds is 4. The minimum atomic E-state index is -0.870. The van der Waals surface area contributed by atoms with Gasteiger partial charge in [0.2, 0.25) is 0 Å². The number of nitrogens with one attached hydrogen (secondary N) is 2. The molecule has 2 rings (SSSR count). The Morgan fingerprint density at radius 3 is 2.76 bits per heavy atom. The third-order valence-corrected chi connectivity index (χ3v) is 2.80. The van der Waals surface area contributed by atoms with Crippen molar-refractivity contribution >= 4 is 11.0 Å². The summed E-state index contributed by atoms with van der Waals surface area (Å²) in [7, 11) is 0. The lowest BCUT2D eigenvalue weighted by molar-refractivity contribution is 0.510. The third kappa shape index (κ3) is 2.61. The van der Waals surface area contributed by atoms with Gasteiger partial charge in [-0.3, -0.25) is 0 Å². The van der Waals surface area contributed by atoms with Crippen LogP contribution in [-0.4, -0.2) is 16.0 Å². The van der Waals surface area contributed by atoms with Crippen molar-refractivity contribution < 1.29 is 8.78 Å². The van der Waals surface area contributed by atoms with Crippen molar-refractivity contribution in [2.24, 2.45) is 0 Å². The SMILES string of the molecule is CCC(C)NCc1nc2cc(F)c(F)cc2[nH]1. The fourth-order valence-corrected chi connectivity index (χ4v) is 1.56. The van der Waals surface area contributed by atoms with Gasteiger partial charge in [0.25, 0.3) is 0 Å². The van der Waals surface area contributed by atoms with Crippen LogP contribution in [0.1, 0.15) is 26.1 Å². The van der Waals surface area contributed by atoms with E-state index in [4.69, 9.17) is 0 Å². The molecule has 0 saturated heterocycles. The largest absolute Gasteiger partial charge is 0.341 e. The second-order valence-corrected chi connectivity index (χ2v) is 4.16. The van der Waals surface area contributed by atoms with E-state index < -0.39 is 11.6 Å². The van der Waals surface area contributed by atoms with Crippen molar-refractivity contribution in [3.63, 3.8) is 0 Å². The molecule has 3 nitrogen and oxygen atoms in total. The first-order chi connectivity index (χ1) is 8.10. The predicted octanol–water partition coefficient (Wildman–Crippen LogP) is 2.73. The Morgan fingerprint density at radius 2 is 2.06 bits per heavy atom. The van der Waals surface area contributed by atoms with Crippen LogP contribution in [0.3, 0.4) is 0 Å². The van der Waals surface area contributed by atoms with E-state index in [9.17, 15) is 8.78 Å². The van der Waals surface area contributed by atoms with E-state index in [1.54, 1.807) is 0 Å². The number of fused-ring (bicyclic) bond motifs is 1. The van der Waals surface area contributed by atoms with Gasteiger partial charge in [0.1, 0.15) is 5.82 Å². The Morgan fingerprint density at radius 1 is 1.35 bits per heavy atom. The molecule has 92 valence electrons. The predicted molar refractivity (Wildman–Crippen MR) is 62.6 cm³/mol. The lowest BCUT2D eigenvalue weighted by atomic mass is 10.2. The Bertz CT molecular complexity index is 483. The molecule has 0 spiro atoms. The van der Waals surface area contributed by atoms with Crippen molar-refractivity contribution in [1.29, 1.82) is 0 Å². The summed E-state index contributed by atoms with van der Waals surface area (Å²) < 4.78 is 26.0. The first-order valence-electron chi connectivity index (χ1n) is 5.67. The topological polar surface area (TPSA) is 40.7 Å². The molecule has 1 aromatic carbocycles. The van der Waals surface area contributed by atoms with E-state index in [1.807, 2.05) is 0 Å². The van der Waals surface area contributed by atoms with Crippen molar-refractivity contribution in [3.8, 4) is 0 Å². The summed E-state index contributed by atoms with van der Waals surface area (Å²) in [6, 6.07) is 2.62. The van der Waals surface area contributed by atoms with Crippen LogP contribution in [0.4, 0.5) is 8.78 Å². The van der Waals surface area contributed by atoms with Crippen LogP contribution in [-0.2, 0) is 6.54 Å². The summed E-state index contributed by atoms with van der Waals surface area (Å²) in [5, 5.41) is 3.26. The monoisotopic (exact) mass is 239 g/mol. The third-order valence-electron chi connectivity index (χ3n) is 2.80. The highest BCUT2D eigenvalue weighted by molar-refractivity contribution is 5.75. The van der Waals surface area contributed by atoms with Crippen LogP contribution in [0, 0.1) is 11.6 Å². The number of hydrogen-bond acceptors (Lipinski definition) is 2. The van der Waals surface area contributed by atoms with Crippen molar-refractivity contribution in [2.45, 2.75) is 32.9 Å². The van der Waals surface area contributed by atoms with E-state index in [1.165, 1.54) is 0 Å². The maximum atomic E-state index is 13.0. The summed E-state index contributed by atoms with van der Waals surface area (Å²) >= 11 is 0. The zero-order valence-electron chi connectivity index (χ0n) is 9.85. The van der Waals surface area contributed by atoms with Gasteiger partial charge < -0.3 is 10.3 Å². The first-order valence-corrected chi connectivity index (χ1v) is 5.67. The number of halogens is 2. The summed E-state index contributed by atoms with van der Waals surface area (Å²) in [4.78, 5) is 7.16. The molecule has 0 saturated carbocycles. The smallest absolute Gasteiger partial charge is 0.161 e. The van der Waals surface area contributed by atoms with Crippen LogP contribution in [0.5, 0.6) is 0 Å². The normalized spacial score (nSPS) is 13.2. The molecular formula is C12H15F2N3. The molecule has 0 radical (unpaired) electrons. The van der Waals surface area contributed by atoms with Gasteiger partial charge in [-0.05, 0) is 13.3 Å². The highest BCUT2D eigenvalue weighted by atomic mass is 19.2. The molecule has 1 heterocycles. The molecule has 0 aliphatic rings. The van der Waals surface area contributed by atoms with Crippen LogP contribution < -0.4 is 5.32 Å². The zero-order valence-corrected chi connectivity index (χ0v) is 9.85. The Kier molecular flexibility index (Phi) is 3.38. The molecule has 0 fully saturated rings. The van der Waals surface area contributed by atoms with Gasteiger partial charge >= 0.3 is 0 Å². The van der Waals surface area contributed by atoms with Crippen LogP contribution >= 0.6 is 0 Å². The maximum Gasteiger partial charge on any atom is 0.161 e. The van der Waals surface area contributed by atoms with E-state index in [0.29, 0.717) is 29.4 Å². The minimum absolute atomic E-state index is 0.386. The van der Waals surface area contributed by atoms with Gasteiger partial charge in [-0.1, -0.05) is 6.92 Å². The summed E-state index contributed by atoms with van der Waals surface area (Å²) in [6.45, 7) is 4.72. The maximum absolute atomic E-state index is 13.0. The van der Waals surface area contributed by atoms with E-state index in [0.717, 1.165) is 18.6 Å². The van der Waals surface area contributed by atoms with Gasteiger partial charge in [-0.2, -0.15) is 0 Å². The molecular weight excluding hydrogens is 224 g/mol. The average molecular weight is 239 g/mol. The van der Waals surface area contributed by atoms with Crippen molar-refractivity contribution in [2.75, 3.05) is 0 Å². The Hall–Kier alpha value is -1.49. The zero-order chi connectivity index (χ0) is 12.4. The molecule has 1 aromatic heterocycles. The number of imidazole rings is 1. The number of aromatic amines is 1. The summed E-state index contributed by atoms with van der Waals surface area (Å²) in [6.07, 6.45) is 1.02. The van der Waals surface area contributed by atoms with Crippen LogP contribution in [0.15, 0.2) is 12.1 Å². The van der Waals surface area contributed by atoms with Crippen molar-refractivity contribution in [1.82, 2.24) is 15.3 Å². The number of benzene rings is 1. The van der Waals surface area contributed by atoms with Crippen LogP contribution in [0.25, 0.3) is 11.0 Å². The highest BCUT2D eigenvalue weighted by Gasteiger charge is 2.08. The van der Waals surface area contributed by atoms with E-state index in [2.05, 4.69) is 29.1 Å². The number of aromatic nitrogens is 2. The van der Waals surface area contributed by atoms with E-state index in [-0.39, 0.29) is 0 Å². The molecule has 2 aromatic rings. The van der Waals surface area contributed by atoms with Gasteiger partial charge in [-0.15, -0.1) is 0 Å². The van der Waals surface area contributed by atoms with Crippen LogP contribution in [0.2, 0.25) is 0 Å². The number of hydrogen-bond donors (Lipinski definition) is 2.